The van der Waals surface area contributed by atoms with Crippen molar-refractivity contribution in [3.8, 4) is 5.75 Å². The predicted octanol–water partition coefficient (Wildman–Crippen LogP) is 4.18. The lowest BCUT2D eigenvalue weighted by molar-refractivity contribution is -0.119. The fourth-order valence-corrected chi connectivity index (χ4v) is 3.96. The van der Waals surface area contributed by atoms with Crippen LogP contribution in [0.3, 0.4) is 0 Å². The molecule has 150 valence electrons. The monoisotopic (exact) mass is 382 g/mol. The predicted molar refractivity (Wildman–Crippen MR) is 113 cm³/mol. The fourth-order valence-electron chi connectivity index (χ4n) is 3.96. The summed E-state index contributed by atoms with van der Waals surface area (Å²) < 4.78 is 7.61. The van der Waals surface area contributed by atoms with Crippen molar-refractivity contribution < 1.29 is 9.53 Å². The van der Waals surface area contributed by atoms with Crippen LogP contribution in [0.4, 0.5) is 5.69 Å². The van der Waals surface area contributed by atoms with Crippen LogP contribution in [0.5, 0.6) is 5.75 Å². The van der Waals surface area contributed by atoms with Crippen molar-refractivity contribution in [3.05, 3.63) is 47.3 Å². The van der Waals surface area contributed by atoms with Gasteiger partial charge < -0.3 is 14.6 Å². The largest absolute Gasteiger partial charge is 0.497 e. The van der Waals surface area contributed by atoms with Crippen LogP contribution in [-0.2, 0) is 4.79 Å². The van der Waals surface area contributed by atoms with Crippen LogP contribution in [-0.4, -0.2) is 30.3 Å². The number of benzene rings is 1. The topological polar surface area (TPSA) is 67.7 Å². The fraction of sp³-hybridized carbons (Fsp3) is 0.455. The van der Waals surface area contributed by atoms with Gasteiger partial charge in [0.2, 0.25) is 0 Å². The third-order valence-corrected chi connectivity index (χ3v) is 5.38. The van der Waals surface area contributed by atoms with E-state index in [1.807, 2.05) is 24.3 Å². The number of hydrazone groups is 1. The molecule has 1 aromatic heterocycles. The molecule has 0 atom stereocenters. The number of anilines is 1. The molecule has 0 spiro atoms. The molecule has 6 heteroatoms. The first-order valence-corrected chi connectivity index (χ1v) is 9.96. The number of aromatic nitrogens is 1. The summed E-state index contributed by atoms with van der Waals surface area (Å²) in [7, 11) is 1.62. The van der Waals surface area contributed by atoms with Gasteiger partial charge in [-0.2, -0.15) is 5.10 Å². The van der Waals surface area contributed by atoms with E-state index in [4.69, 9.17) is 4.74 Å². The van der Waals surface area contributed by atoms with Crippen LogP contribution in [0.1, 0.15) is 55.1 Å². The molecule has 2 N–H and O–H groups in total. The van der Waals surface area contributed by atoms with Crippen LogP contribution in [0.25, 0.3) is 0 Å². The van der Waals surface area contributed by atoms with Crippen molar-refractivity contribution >= 4 is 17.8 Å². The van der Waals surface area contributed by atoms with E-state index in [9.17, 15) is 4.79 Å². The van der Waals surface area contributed by atoms with E-state index >= 15 is 0 Å². The highest BCUT2D eigenvalue weighted by Gasteiger charge is 2.19. The molecule has 0 radical (unpaired) electrons. The maximum absolute atomic E-state index is 12.0. The first-order chi connectivity index (χ1) is 13.6. The zero-order valence-corrected chi connectivity index (χ0v) is 17.0. The van der Waals surface area contributed by atoms with Crippen LogP contribution in [0.15, 0.2) is 35.4 Å². The molecule has 1 aromatic carbocycles. The Kier molecular flexibility index (Phi) is 6.74. The van der Waals surface area contributed by atoms with E-state index in [2.05, 4.69) is 40.3 Å². The van der Waals surface area contributed by atoms with Gasteiger partial charge >= 0.3 is 0 Å². The van der Waals surface area contributed by atoms with Crippen LogP contribution < -0.4 is 15.5 Å². The molecule has 0 bridgehead atoms. The molecule has 0 unspecified atom stereocenters. The molecule has 28 heavy (non-hydrogen) atoms. The molecular weight excluding hydrogens is 352 g/mol. The number of methoxy groups -OCH3 is 1. The number of nitrogens with zero attached hydrogens (tertiary/aromatic N) is 2. The Morgan fingerprint density at radius 1 is 1.25 bits per heavy atom. The zero-order chi connectivity index (χ0) is 19.9. The third kappa shape index (κ3) is 4.94. The zero-order valence-electron chi connectivity index (χ0n) is 17.0. The van der Waals surface area contributed by atoms with E-state index in [-0.39, 0.29) is 12.5 Å². The average Bonchev–Trinajstić information content (AvgIpc) is 3.00. The highest BCUT2D eigenvalue weighted by Crippen LogP contribution is 2.31. The first-order valence-electron chi connectivity index (χ1n) is 9.96. The second-order valence-corrected chi connectivity index (χ2v) is 7.37. The van der Waals surface area contributed by atoms with Crippen molar-refractivity contribution in [2.24, 2.45) is 5.10 Å². The summed E-state index contributed by atoms with van der Waals surface area (Å²) in [6.07, 6.45) is 8.20. The summed E-state index contributed by atoms with van der Waals surface area (Å²) in [5.74, 6) is 0.553. The molecule has 1 aliphatic carbocycles. The van der Waals surface area contributed by atoms with Gasteiger partial charge in [-0.3, -0.25) is 4.79 Å². The van der Waals surface area contributed by atoms with E-state index in [1.165, 1.54) is 43.5 Å². The summed E-state index contributed by atoms with van der Waals surface area (Å²) in [5, 5.41) is 7.21. The quantitative estimate of drug-likeness (QED) is 0.558. The summed E-state index contributed by atoms with van der Waals surface area (Å²) in [5.41, 5.74) is 6.96. The van der Waals surface area contributed by atoms with Gasteiger partial charge in [-0.05, 0) is 44.9 Å². The van der Waals surface area contributed by atoms with Crippen molar-refractivity contribution in [3.63, 3.8) is 0 Å². The Bertz CT molecular complexity index is 835. The SMILES string of the molecule is COc1cccc(NCC(=O)N/N=C\c2cc(C)n(C3CCCCC3)c2C)c1. The number of carbonyl (C=O) groups is 1. The van der Waals surface area contributed by atoms with Crippen molar-refractivity contribution in [1.29, 1.82) is 0 Å². The second-order valence-electron chi connectivity index (χ2n) is 7.37. The van der Waals surface area contributed by atoms with E-state index in [1.54, 1.807) is 13.3 Å². The van der Waals surface area contributed by atoms with Gasteiger partial charge in [0, 0.05) is 34.7 Å². The number of ether oxygens (including phenoxy) is 1. The number of hydrogen-bond acceptors (Lipinski definition) is 4. The molecule has 1 fully saturated rings. The van der Waals surface area contributed by atoms with Gasteiger partial charge in [-0.15, -0.1) is 0 Å². The standard InChI is InChI=1S/C22H30N4O2/c1-16-12-18(17(2)26(16)20-9-5-4-6-10-20)14-24-25-22(27)15-23-19-8-7-11-21(13-19)28-3/h7-8,11-14,20,23H,4-6,9-10,15H2,1-3H3,(H,25,27)/b24-14-. The van der Waals surface area contributed by atoms with Gasteiger partial charge in [0.25, 0.3) is 5.91 Å². The molecule has 1 aliphatic rings. The summed E-state index contributed by atoms with van der Waals surface area (Å²) in [6.45, 7) is 4.43. The number of hydrogen-bond donors (Lipinski definition) is 2. The lowest BCUT2D eigenvalue weighted by atomic mass is 9.95. The maximum Gasteiger partial charge on any atom is 0.259 e. The highest BCUT2D eigenvalue weighted by molar-refractivity contribution is 5.85. The number of nitrogens with one attached hydrogen (secondary N) is 2. The molecule has 3 rings (SSSR count). The normalized spacial score (nSPS) is 15.0. The molecule has 0 saturated heterocycles. The molecule has 1 heterocycles. The lowest BCUT2D eigenvalue weighted by Crippen LogP contribution is -2.25. The van der Waals surface area contributed by atoms with Crippen molar-refractivity contribution in [2.45, 2.75) is 52.0 Å². The van der Waals surface area contributed by atoms with Crippen molar-refractivity contribution in [1.82, 2.24) is 9.99 Å². The lowest BCUT2D eigenvalue weighted by Gasteiger charge is -2.26. The highest BCUT2D eigenvalue weighted by atomic mass is 16.5. The second kappa shape index (κ2) is 9.44. The number of amides is 1. The first kappa shape index (κ1) is 20.0. The molecule has 0 aliphatic heterocycles. The van der Waals surface area contributed by atoms with Gasteiger partial charge in [-0.25, -0.2) is 5.43 Å². The Balaban J connectivity index is 1.54. The smallest absolute Gasteiger partial charge is 0.259 e. The Labute approximate surface area is 167 Å². The molecule has 2 aromatic rings. The minimum absolute atomic E-state index is 0.144. The van der Waals surface area contributed by atoms with Crippen LogP contribution in [0.2, 0.25) is 0 Å². The van der Waals surface area contributed by atoms with E-state index < -0.39 is 0 Å². The Hall–Kier alpha value is -2.76. The summed E-state index contributed by atoms with van der Waals surface area (Å²) in [4.78, 5) is 12.0. The molecule has 6 nitrogen and oxygen atoms in total. The van der Waals surface area contributed by atoms with E-state index in [0.29, 0.717) is 6.04 Å². The number of carbonyl (C=O) groups excluding carboxylic acids is 1. The minimum Gasteiger partial charge on any atom is -0.497 e. The number of rotatable bonds is 7. The van der Waals surface area contributed by atoms with Gasteiger partial charge in [-0.1, -0.05) is 25.3 Å². The van der Waals surface area contributed by atoms with Crippen LogP contribution in [0, 0.1) is 13.8 Å². The Morgan fingerprint density at radius 2 is 2.04 bits per heavy atom. The van der Waals surface area contributed by atoms with E-state index in [0.717, 1.165) is 17.0 Å². The molecule has 1 amide bonds. The maximum atomic E-state index is 12.0. The van der Waals surface area contributed by atoms with Gasteiger partial charge in [0.1, 0.15) is 5.75 Å². The molecule has 1 saturated carbocycles. The third-order valence-electron chi connectivity index (χ3n) is 5.38. The number of aryl methyl sites for hydroxylation is 1. The van der Waals surface area contributed by atoms with Crippen molar-refractivity contribution in [2.75, 3.05) is 19.0 Å². The van der Waals surface area contributed by atoms with Gasteiger partial charge in [0.05, 0.1) is 19.9 Å². The minimum atomic E-state index is -0.194. The summed E-state index contributed by atoms with van der Waals surface area (Å²) >= 11 is 0. The van der Waals surface area contributed by atoms with Gasteiger partial charge in [0.15, 0.2) is 0 Å². The van der Waals surface area contributed by atoms with Crippen LogP contribution >= 0.6 is 0 Å². The molecular formula is C22H30N4O2. The average molecular weight is 383 g/mol. The summed E-state index contributed by atoms with van der Waals surface area (Å²) in [6, 6.07) is 10.2. The Morgan fingerprint density at radius 3 is 2.79 bits per heavy atom.